The average molecular weight is 292 g/mol. The summed E-state index contributed by atoms with van der Waals surface area (Å²) in [6, 6.07) is 4.60. The molecular formula is C13H16N4O4. The highest BCUT2D eigenvalue weighted by Crippen LogP contribution is 2.20. The van der Waals surface area contributed by atoms with E-state index in [-0.39, 0.29) is 11.9 Å². The highest BCUT2D eigenvalue weighted by Gasteiger charge is 2.13. The van der Waals surface area contributed by atoms with E-state index in [1.807, 2.05) is 0 Å². The van der Waals surface area contributed by atoms with Crippen LogP contribution in [0.4, 0.5) is 10.5 Å². The number of nitrogens with two attached hydrogens (primary N) is 1. The molecule has 2 rings (SSSR count). The van der Waals surface area contributed by atoms with E-state index in [1.54, 1.807) is 32.4 Å². The van der Waals surface area contributed by atoms with Crippen LogP contribution < -0.4 is 11.1 Å². The van der Waals surface area contributed by atoms with Crippen molar-refractivity contribution in [3.8, 4) is 0 Å². The van der Waals surface area contributed by atoms with Crippen LogP contribution in [0, 0.1) is 0 Å². The number of fused-ring (bicyclic) bond motifs is 1. The molecule has 8 heteroatoms. The van der Waals surface area contributed by atoms with Crippen molar-refractivity contribution in [2.75, 3.05) is 32.6 Å². The molecule has 3 amide bonds. The number of hydrogen-bond acceptors (Lipinski definition) is 5. The van der Waals surface area contributed by atoms with Crippen LogP contribution in [0.5, 0.6) is 0 Å². The van der Waals surface area contributed by atoms with Gasteiger partial charge < -0.3 is 25.1 Å². The second kappa shape index (κ2) is 6.23. The Balaban J connectivity index is 2.12. The lowest BCUT2D eigenvalue weighted by molar-refractivity contribution is 0.0969. The summed E-state index contributed by atoms with van der Waals surface area (Å²) >= 11 is 0. The zero-order valence-corrected chi connectivity index (χ0v) is 11.8. The molecule has 2 aromatic rings. The number of ether oxygens (including phenoxy) is 1. The van der Waals surface area contributed by atoms with E-state index in [2.05, 4.69) is 10.3 Å². The van der Waals surface area contributed by atoms with Crippen LogP contribution in [0.1, 0.15) is 10.7 Å². The molecule has 0 aliphatic carbocycles. The molecule has 0 unspecified atom stereocenters. The molecule has 0 radical (unpaired) electrons. The molecule has 1 aromatic carbocycles. The van der Waals surface area contributed by atoms with Crippen LogP contribution in [-0.2, 0) is 4.74 Å². The lowest BCUT2D eigenvalue weighted by Crippen LogP contribution is -2.33. The number of hydrogen-bond donors (Lipinski definition) is 2. The maximum absolute atomic E-state index is 11.9. The lowest BCUT2D eigenvalue weighted by atomic mass is 10.3. The summed E-state index contributed by atoms with van der Waals surface area (Å²) in [6.45, 7) is 0.925. The van der Waals surface area contributed by atoms with Gasteiger partial charge in [-0.3, -0.25) is 4.79 Å². The average Bonchev–Trinajstić information content (AvgIpc) is 2.88. The standard InChI is InChI=1S/C13H16N4O4/c1-17(5-6-20-2)13(19)15-8-3-4-10-9(7-8)16-12(21-10)11(14)18/h3-4,7H,5-6H2,1-2H3,(H2,14,18)(H,15,19). The Labute approximate surface area is 120 Å². The van der Waals surface area contributed by atoms with Gasteiger partial charge in [-0.2, -0.15) is 0 Å². The number of anilines is 1. The number of rotatable bonds is 5. The number of carbonyl (C=O) groups is 2. The number of benzene rings is 1. The van der Waals surface area contributed by atoms with Crippen molar-refractivity contribution in [2.45, 2.75) is 0 Å². The molecule has 0 fully saturated rings. The summed E-state index contributed by atoms with van der Waals surface area (Å²) in [5.41, 5.74) is 6.51. The molecular weight excluding hydrogens is 276 g/mol. The van der Waals surface area contributed by atoms with Crippen molar-refractivity contribution in [3.05, 3.63) is 24.1 Å². The van der Waals surface area contributed by atoms with Crippen LogP contribution >= 0.6 is 0 Å². The van der Waals surface area contributed by atoms with Gasteiger partial charge in [0.15, 0.2) is 5.58 Å². The number of carbonyl (C=O) groups excluding carboxylic acids is 2. The molecule has 0 atom stereocenters. The van der Waals surface area contributed by atoms with Gasteiger partial charge in [0.1, 0.15) is 5.52 Å². The Morgan fingerprint density at radius 2 is 2.24 bits per heavy atom. The van der Waals surface area contributed by atoms with Crippen LogP contribution in [0.25, 0.3) is 11.1 Å². The summed E-state index contributed by atoms with van der Waals surface area (Å²) in [7, 11) is 3.23. The van der Waals surface area contributed by atoms with Crippen molar-refractivity contribution >= 4 is 28.7 Å². The Bertz CT molecular complexity index is 667. The van der Waals surface area contributed by atoms with Crippen LogP contribution in [0.3, 0.4) is 0 Å². The molecule has 1 heterocycles. The maximum Gasteiger partial charge on any atom is 0.321 e. The van der Waals surface area contributed by atoms with Gasteiger partial charge in [0, 0.05) is 26.4 Å². The minimum atomic E-state index is -0.740. The summed E-state index contributed by atoms with van der Waals surface area (Å²) in [4.78, 5) is 28.3. The fourth-order valence-corrected chi connectivity index (χ4v) is 1.66. The number of likely N-dealkylation sites (N-methyl/N-ethyl adjacent to an activating group) is 1. The molecule has 21 heavy (non-hydrogen) atoms. The summed E-state index contributed by atoms with van der Waals surface area (Å²) in [6.07, 6.45) is 0. The van der Waals surface area contributed by atoms with Gasteiger partial charge in [0.25, 0.3) is 5.89 Å². The highest BCUT2D eigenvalue weighted by atomic mass is 16.5. The van der Waals surface area contributed by atoms with Crippen molar-refractivity contribution in [1.82, 2.24) is 9.88 Å². The summed E-state index contributed by atoms with van der Waals surface area (Å²) in [5, 5.41) is 2.71. The van der Waals surface area contributed by atoms with Gasteiger partial charge in [0.2, 0.25) is 0 Å². The summed E-state index contributed by atoms with van der Waals surface area (Å²) in [5.74, 6) is -0.901. The number of aromatic nitrogens is 1. The molecule has 0 bridgehead atoms. The third kappa shape index (κ3) is 3.48. The molecule has 0 spiro atoms. The summed E-state index contributed by atoms with van der Waals surface area (Å²) < 4.78 is 10.1. The van der Waals surface area contributed by atoms with Crippen molar-refractivity contribution in [3.63, 3.8) is 0 Å². The van der Waals surface area contributed by atoms with E-state index in [0.29, 0.717) is 29.9 Å². The van der Waals surface area contributed by atoms with Crippen LogP contribution in [0.15, 0.2) is 22.6 Å². The predicted octanol–water partition coefficient (Wildman–Crippen LogP) is 1.04. The zero-order valence-electron chi connectivity index (χ0n) is 11.8. The maximum atomic E-state index is 11.9. The van der Waals surface area contributed by atoms with Gasteiger partial charge in [0.05, 0.1) is 6.61 Å². The Morgan fingerprint density at radius 3 is 2.90 bits per heavy atom. The van der Waals surface area contributed by atoms with Gasteiger partial charge in [-0.1, -0.05) is 0 Å². The molecule has 8 nitrogen and oxygen atoms in total. The molecule has 1 aromatic heterocycles. The number of urea groups is 1. The fourth-order valence-electron chi connectivity index (χ4n) is 1.66. The Kier molecular flexibility index (Phi) is 4.39. The first-order chi connectivity index (χ1) is 10.0. The molecule has 0 saturated heterocycles. The topological polar surface area (TPSA) is 111 Å². The Hall–Kier alpha value is -2.61. The highest BCUT2D eigenvalue weighted by molar-refractivity contribution is 5.94. The third-order valence-corrected chi connectivity index (χ3v) is 2.83. The molecule has 112 valence electrons. The number of amides is 3. The van der Waals surface area contributed by atoms with Crippen LogP contribution in [0.2, 0.25) is 0 Å². The quantitative estimate of drug-likeness (QED) is 0.855. The minimum Gasteiger partial charge on any atom is -0.432 e. The third-order valence-electron chi connectivity index (χ3n) is 2.83. The first-order valence-electron chi connectivity index (χ1n) is 6.22. The van der Waals surface area contributed by atoms with Gasteiger partial charge in [-0.15, -0.1) is 0 Å². The van der Waals surface area contributed by atoms with Crippen molar-refractivity contribution in [1.29, 1.82) is 0 Å². The fraction of sp³-hybridized carbons (Fsp3) is 0.308. The largest absolute Gasteiger partial charge is 0.432 e. The first kappa shape index (κ1) is 14.8. The van der Waals surface area contributed by atoms with Gasteiger partial charge in [-0.05, 0) is 18.2 Å². The van der Waals surface area contributed by atoms with Crippen molar-refractivity contribution < 1.29 is 18.7 Å². The van der Waals surface area contributed by atoms with E-state index in [4.69, 9.17) is 14.9 Å². The second-order valence-electron chi connectivity index (χ2n) is 4.41. The van der Waals surface area contributed by atoms with Crippen LogP contribution in [-0.4, -0.2) is 49.1 Å². The second-order valence-corrected chi connectivity index (χ2v) is 4.41. The molecule has 0 aliphatic rings. The zero-order chi connectivity index (χ0) is 15.4. The SMILES string of the molecule is COCCN(C)C(=O)Nc1ccc2oc(C(N)=O)nc2c1. The monoisotopic (exact) mass is 292 g/mol. The predicted molar refractivity (Wildman–Crippen MR) is 76.1 cm³/mol. The number of primary amides is 1. The van der Waals surface area contributed by atoms with Gasteiger partial charge >= 0.3 is 11.9 Å². The van der Waals surface area contributed by atoms with E-state index < -0.39 is 5.91 Å². The minimum absolute atomic E-state index is 0.161. The molecule has 0 aliphatic heterocycles. The number of oxazole rings is 1. The number of nitrogens with one attached hydrogen (secondary N) is 1. The van der Waals surface area contributed by atoms with Gasteiger partial charge in [-0.25, -0.2) is 9.78 Å². The lowest BCUT2D eigenvalue weighted by Gasteiger charge is -2.17. The molecule has 0 saturated carbocycles. The van der Waals surface area contributed by atoms with E-state index in [9.17, 15) is 9.59 Å². The van der Waals surface area contributed by atoms with E-state index >= 15 is 0 Å². The molecule has 3 N–H and O–H groups in total. The first-order valence-corrected chi connectivity index (χ1v) is 6.22. The van der Waals surface area contributed by atoms with Crippen molar-refractivity contribution in [2.24, 2.45) is 5.73 Å². The van der Waals surface area contributed by atoms with E-state index in [0.717, 1.165) is 0 Å². The Morgan fingerprint density at radius 1 is 1.48 bits per heavy atom. The normalized spacial score (nSPS) is 10.6. The number of nitrogens with zero attached hydrogens (tertiary/aromatic N) is 2. The number of methoxy groups -OCH3 is 1. The smallest absolute Gasteiger partial charge is 0.321 e. The van der Waals surface area contributed by atoms with E-state index in [1.165, 1.54) is 4.90 Å².